The minimum Gasteiger partial charge on any atom is -0.504 e. The molecule has 2 fully saturated rings. The van der Waals surface area contributed by atoms with Gasteiger partial charge in [0.25, 0.3) is 5.91 Å². The molecular formula is C24H22F2N4O3. The van der Waals surface area contributed by atoms with Crippen molar-refractivity contribution in [2.45, 2.75) is 44.4 Å². The van der Waals surface area contributed by atoms with Gasteiger partial charge >= 0.3 is 0 Å². The molecule has 5 rings (SSSR count). The molecule has 3 aromatic rings. The van der Waals surface area contributed by atoms with Gasteiger partial charge in [-0.15, -0.1) is 0 Å². The second kappa shape index (κ2) is 8.82. The summed E-state index contributed by atoms with van der Waals surface area (Å²) in [6.45, 7) is 0. The van der Waals surface area contributed by atoms with Gasteiger partial charge in [-0.2, -0.15) is 0 Å². The number of fused-ring (bicyclic) bond motifs is 1. The number of rotatable bonds is 4. The number of aromatic hydroxyl groups is 1. The summed E-state index contributed by atoms with van der Waals surface area (Å²) < 4.78 is 34.9. The molecule has 170 valence electrons. The Morgan fingerprint density at radius 2 is 1.88 bits per heavy atom. The molecule has 0 radical (unpaired) electrons. The number of carbonyl (C=O) groups excluding carboxylic acids is 1. The molecule has 2 aliphatic rings. The number of pyridine rings is 1. The van der Waals surface area contributed by atoms with E-state index in [1.54, 1.807) is 18.3 Å². The van der Waals surface area contributed by atoms with Crippen LogP contribution in [0.3, 0.4) is 0 Å². The molecule has 3 unspecified atom stereocenters. The van der Waals surface area contributed by atoms with Crippen LogP contribution >= 0.6 is 0 Å². The molecule has 2 aromatic heterocycles. The van der Waals surface area contributed by atoms with E-state index in [4.69, 9.17) is 4.74 Å². The Hall–Kier alpha value is -3.46. The van der Waals surface area contributed by atoms with Gasteiger partial charge in [0.2, 0.25) is 0 Å². The normalized spacial score (nSPS) is 22.1. The zero-order chi connectivity index (χ0) is 22.9. The number of anilines is 1. The van der Waals surface area contributed by atoms with Gasteiger partial charge < -0.3 is 9.84 Å². The lowest BCUT2D eigenvalue weighted by molar-refractivity contribution is -0.0675. The zero-order valence-corrected chi connectivity index (χ0v) is 17.7. The lowest BCUT2D eigenvalue weighted by atomic mass is 9.95. The van der Waals surface area contributed by atoms with Gasteiger partial charge in [-0.1, -0.05) is 12.5 Å². The van der Waals surface area contributed by atoms with Crippen LogP contribution in [0, 0.1) is 17.6 Å². The fourth-order valence-corrected chi connectivity index (χ4v) is 4.72. The van der Waals surface area contributed by atoms with Gasteiger partial charge in [0.1, 0.15) is 17.9 Å². The number of ether oxygens (including phenoxy) is 1. The van der Waals surface area contributed by atoms with E-state index in [1.165, 1.54) is 17.2 Å². The predicted octanol–water partition coefficient (Wildman–Crippen LogP) is 4.47. The fourth-order valence-electron chi connectivity index (χ4n) is 4.72. The highest BCUT2D eigenvalue weighted by Crippen LogP contribution is 2.39. The van der Waals surface area contributed by atoms with Crippen LogP contribution in [0.4, 0.5) is 14.5 Å². The number of aromatic nitrogens is 3. The highest BCUT2D eigenvalue weighted by molar-refractivity contribution is 6.06. The maximum atomic E-state index is 14.3. The number of halogens is 2. The van der Waals surface area contributed by atoms with E-state index in [0.29, 0.717) is 18.0 Å². The molecule has 1 aliphatic heterocycles. The summed E-state index contributed by atoms with van der Waals surface area (Å²) in [5, 5.41) is 10.4. The van der Waals surface area contributed by atoms with Crippen molar-refractivity contribution in [3.05, 3.63) is 66.3 Å². The minimum absolute atomic E-state index is 0.0674. The van der Waals surface area contributed by atoms with Crippen molar-refractivity contribution in [3.8, 4) is 17.1 Å². The fraction of sp³-hybridized carbons (Fsp3) is 0.333. The van der Waals surface area contributed by atoms with Crippen LogP contribution in [0.2, 0.25) is 0 Å². The van der Waals surface area contributed by atoms with Crippen LogP contribution < -0.4 is 4.90 Å². The van der Waals surface area contributed by atoms with Crippen LogP contribution in [0.25, 0.3) is 11.4 Å². The van der Waals surface area contributed by atoms with E-state index in [2.05, 4.69) is 15.0 Å². The van der Waals surface area contributed by atoms with Crippen LogP contribution in [0.1, 0.15) is 42.6 Å². The SMILES string of the molecule is O=C(c1nc(-c2c(F)cccc2F)ncc1O)N(c1cccnc1)C1CCC2CCCC2O1. The molecule has 1 saturated heterocycles. The highest BCUT2D eigenvalue weighted by Gasteiger charge is 2.40. The van der Waals surface area contributed by atoms with Crippen molar-refractivity contribution in [1.82, 2.24) is 15.0 Å². The Labute approximate surface area is 189 Å². The second-order valence-corrected chi connectivity index (χ2v) is 8.31. The number of carbonyl (C=O) groups is 1. The molecule has 9 heteroatoms. The van der Waals surface area contributed by atoms with E-state index in [-0.39, 0.29) is 17.6 Å². The quantitative estimate of drug-likeness (QED) is 0.628. The molecule has 0 spiro atoms. The van der Waals surface area contributed by atoms with E-state index >= 15 is 0 Å². The van der Waals surface area contributed by atoms with Gasteiger partial charge in [-0.05, 0) is 55.9 Å². The lowest BCUT2D eigenvalue weighted by Crippen LogP contribution is -2.47. The third kappa shape index (κ3) is 4.04. The average Bonchev–Trinajstić information content (AvgIpc) is 3.29. The van der Waals surface area contributed by atoms with Crippen molar-refractivity contribution < 1.29 is 23.4 Å². The first-order valence-electron chi connectivity index (χ1n) is 10.9. The summed E-state index contributed by atoms with van der Waals surface area (Å²) in [7, 11) is 0. The molecule has 1 saturated carbocycles. The van der Waals surface area contributed by atoms with Gasteiger partial charge in [-0.25, -0.2) is 18.7 Å². The third-order valence-corrected chi connectivity index (χ3v) is 6.29. The third-order valence-electron chi connectivity index (χ3n) is 6.29. The summed E-state index contributed by atoms with van der Waals surface area (Å²) in [6, 6.07) is 6.78. The van der Waals surface area contributed by atoms with Crippen molar-refractivity contribution >= 4 is 11.6 Å². The van der Waals surface area contributed by atoms with Gasteiger partial charge in [0, 0.05) is 6.20 Å². The highest BCUT2D eigenvalue weighted by atomic mass is 19.1. The molecule has 1 amide bonds. The number of hydrogen-bond donors (Lipinski definition) is 1. The number of hydrogen-bond acceptors (Lipinski definition) is 6. The standard InChI is InChI=1S/C24H22F2N4O3/c25-16-6-2-7-17(26)21(16)23-28-13-18(31)22(29-23)24(32)30(15-5-3-11-27-12-15)20-10-9-14-4-1-8-19(14)33-20/h2-3,5-7,11-14,19-20,31H,1,4,8-10H2. The Kier molecular flexibility index (Phi) is 5.72. The second-order valence-electron chi connectivity index (χ2n) is 8.31. The first-order valence-corrected chi connectivity index (χ1v) is 10.9. The molecule has 1 aliphatic carbocycles. The van der Waals surface area contributed by atoms with E-state index in [0.717, 1.165) is 44.0 Å². The Bertz CT molecular complexity index is 1160. The van der Waals surface area contributed by atoms with Crippen molar-refractivity contribution in [1.29, 1.82) is 0 Å². The van der Waals surface area contributed by atoms with Gasteiger partial charge in [0.15, 0.2) is 17.3 Å². The van der Waals surface area contributed by atoms with Crippen LogP contribution in [-0.2, 0) is 4.74 Å². The average molecular weight is 452 g/mol. The monoisotopic (exact) mass is 452 g/mol. The Balaban J connectivity index is 1.55. The minimum atomic E-state index is -0.869. The first-order chi connectivity index (χ1) is 16.0. The zero-order valence-electron chi connectivity index (χ0n) is 17.7. The van der Waals surface area contributed by atoms with Crippen LogP contribution in [-0.4, -0.2) is 38.3 Å². The number of nitrogens with zero attached hydrogens (tertiary/aromatic N) is 4. The smallest absolute Gasteiger partial charge is 0.283 e. The molecular weight excluding hydrogens is 430 g/mol. The maximum Gasteiger partial charge on any atom is 0.283 e. The van der Waals surface area contributed by atoms with Crippen molar-refractivity contribution in [3.63, 3.8) is 0 Å². The van der Waals surface area contributed by atoms with Crippen LogP contribution in [0.5, 0.6) is 5.75 Å². The summed E-state index contributed by atoms with van der Waals surface area (Å²) in [5.74, 6) is -2.75. The van der Waals surface area contributed by atoms with E-state index in [1.807, 2.05) is 0 Å². The molecule has 1 N–H and O–H groups in total. The molecule has 7 nitrogen and oxygen atoms in total. The predicted molar refractivity (Wildman–Crippen MR) is 115 cm³/mol. The summed E-state index contributed by atoms with van der Waals surface area (Å²) in [6.07, 6.45) is 8.24. The Morgan fingerprint density at radius 3 is 2.64 bits per heavy atom. The lowest BCUT2D eigenvalue weighted by Gasteiger charge is -2.39. The molecule has 1 aromatic carbocycles. The van der Waals surface area contributed by atoms with E-state index in [9.17, 15) is 18.7 Å². The molecule has 0 bridgehead atoms. The first kappa shape index (κ1) is 21.4. The summed E-state index contributed by atoms with van der Waals surface area (Å²) in [4.78, 5) is 27.1. The number of benzene rings is 1. The van der Waals surface area contributed by atoms with Crippen molar-refractivity contribution in [2.24, 2.45) is 5.92 Å². The largest absolute Gasteiger partial charge is 0.504 e. The number of amides is 1. The summed E-state index contributed by atoms with van der Waals surface area (Å²) >= 11 is 0. The van der Waals surface area contributed by atoms with Crippen LogP contribution in [0.15, 0.2) is 48.9 Å². The topological polar surface area (TPSA) is 88.4 Å². The van der Waals surface area contributed by atoms with Gasteiger partial charge in [0.05, 0.1) is 29.7 Å². The molecule has 3 atom stereocenters. The summed E-state index contributed by atoms with van der Waals surface area (Å²) in [5.41, 5.74) is -0.369. The Morgan fingerprint density at radius 1 is 1.06 bits per heavy atom. The molecule has 3 heterocycles. The molecule has 33 heavy (non-hydrogen) atoms. The van der Waals surface area contributed by atoms with Gasteiger partial charge in [-0.3, -0.25) is 14.7 Å². The van der Waals surface area contributed by atoms with E-state index < -0.39 is 35.1 Å². The maximum absolute atomic E-state index is 14.3. The van der Waals surface area contributed by atoms with Crippen molar-refractivity contribution in [2.75, 3.05) is 4.90 Å².